The van der Waals surface area contributed by atoms with Crippen molar-refractivity contribution in [3.05, 3.63) is 65.7 Å². The van der Waals surface area contributed by atoms with Gasteiger partial charge in [0.05, 0.1) is 12.7 Å². The number of ether oxygens (including phenoxy) is 1. The van der Waals surface area contributed by atoms with Crippen LogP contribution in [0.5, 0.6) is 0 Å². The molecule has 36 heavy (non-hydrogen) atoms. The van der Waals surface area contributed by atoms with Crippen LogP contribution < -0.4 is 11.1 Å². The molecule has 15 heteroatoms. The fourth-order valence-electron chi connectivity index (χ4n) is 3.08. The van der Waals surface area contributed by atoms with Crippen molar-refractivity contribution in [3.8, 4) is 22.7 Å². The number of alkyl halides is 2. The van der Waals surface area contributed by atoms with E-state index in [4.69, 9.17) is 10.2 Å². The lowest BCUT2D eigenvalue weighted by Gasteiger charge is -2.07. The van der Waals surface area contributed by atoms with Crippen LogP contribution in [0.15, 0.2) is 47.0 Å². The van der Waals surface area contributed by atoms with Gasteiger partial charge in [-0.2, -0.15) is 8.78 Å². The van der Waals surface area contributed by atoms with Crippen molar-refractivity contribution in [3.63, 3.8) is 0 Å². The fraction of sp³-hybridized carbons (Fsp3) is 0.143. The third-order valence-corrected chi connectivity index (χ3v) is 4.66. The Balaban J connectivity index is 1.49. The number of rotatable bonds is 8. The van der Waals surface area contributed by atoms with Crippen molar-refractivity contribution in [2.75, 3.05) is 11.9 Å². The van der Waals surface area contributed by atoms with E-state index in [1.54, 1.807) is 24.3 Å². The summed E-state index contributed by atoms with van der Waals surface area (Å²) < 4.78 is 64.9. The number of amides is 2. The number of primary amides is 1. The maximum Gasteiger partial charge on any atom is 0.405 e. The third-order valence-electron chi connectivity index (χ3n) is 4.66. The van der Waals surface area contributed by atoms with Crippen LogP contribution in [0.3, 0.4) is 0 Å². The molecule has 4 aromatic rings. The molecule has 0 saturated heterocycles. The molecule has 0 aliphatic heterocycles. The van der Waals surface area contributed by atoms with Crippen molar-refractivity contribution in [2.45, 2.75) is 13.0 Å². The van der Waals surface area contributed by atoms with Gasteiger partial charge in [0.25, 0.3) is 11.8 Å². The van der Waals surface area contributed by atoms with Gasteiger partial charge in [-0.1, -0.05) is 17.3 Å². The Labute approximate surface area is 198 Å². The molecular weight excluding hydrogens is 490 g/mol. The molecule has 0 atom stereocenters. The van der Waals surface area contributed by atoms with Gasteiger partial charge in [0.15, 0.2) is 6.61 Å². The van der Waals surface area contributed by atoms with E-state index >= 15 is 0 Å². The van der Waals surface area contributed by atoms with Crippen LogP contribution in [-0.2, 0) is 16.1 Å². The Kier molecular flexibility index (Phi) is 6.89. The van der Waals surface area contributed by atoms with Crippen molar-refractivity contribution >= 4 is 17.7 Å². The van der Waals surface area contributed by atoms with E-state index in [9.17, 15) is 27.2 Å². The molecular formula is C21H15F4N7O4. The molecule has 0 fully saturated rings. The van der Waals surface area contributed by atoms with Crippen molar-refractivity contribution in [1.82, 2.24) is 25.2 Å². The summed E-state index contributed by atoms with van der Waals surface area (Å²) >= 11 is 0. The second kappa shape index (κ2) is 10.2. The summed E-state index contributed by atoms with van der Waals surface area (Å²) in [5, 5.41) is 16.8. The van der Waals surface area contributed by atoms with Crippen LogP contribution in [0.4, 0.5) is 28.0 Å². The number of hydrogen-bond donors (Lipinski definition) is 2. The Morgan fingerprint density at radius 1 is 1.08 bits per heavy atom. The predicted octanol–water partition coefficient (Wildman–Crippen LogP) is 3.29. The number of hydrogen-bond acceptors (Lipinski definition) is 8. The summed E-state index contributed by atoms with van der Waals surface area (Å²) in [6.45, 7) is -0.899. The number of benzene rings is 2. The van der Waals surface area contributed by atoms with Crippen molar-refractivity contribution in [2.24, 2.45) is 5.73 Å². The van der Waals surface area contributed by atoms with E-state index < -0.39 is 48.4 Å². The van der Waals surface area contributed by atoms with E-state index in [2.05, 4.69) is 30.6 Å². The summed E-state index contributed by atoms with van der Waals surface area (Å²) in [7, 11) is 0. The van der Waals surface area contributed by atoms with E-state index in [0.717, 1.165) is 12.1 Å². The molecule has 0 spiro atoms. The largest absolute Gasteiger partial charge is 0.440 e. The average molecular weight is 505 g/mol. The maximum absolute atomic E-state index is 14.6. The minimum atomic E-state index is -3.02. The lowest BCUT2D eigenvalue weighted by molar-refractivity contribution is -0.118. The third kappa shape index (κ3) is 5.63. The molecule has 0 radical (unpaired) electrons. The van der Waals surface area contributed by atoms with Gasteiger partial charge < -0.3 is 20.2 Å². The predicted molar refractivity (Wildman–Crippen MR) is 113 cm³/mol. The van der Waals surface area contributed by atoms with Crippen molar-refractivity contribution < 1.29 is 36.3 Å². The molecule has 186 valence electrons. The molecule has 0 unspecified atom stereocenters. The summed E-state index contributed by atoms with van der Waals surface area (Å²) in [5.74, 6) is -4.00. The summed E-state index contributed by atoms with van der Waals surface area (Å²) in [6, 6.07) is 8.19. The molecule has 3 N–H and O–H groups in total. The van der Waals surface area contributed by atoms with Gasteiger partial charge in [-0.15, -0.1) is 15.3 Å². The number of nitrogens with two attached hydrogens (primary N) is 1. The zero-order valence-corrected chi connectivity index (χ0v) is 18.0. The molecule has 2 amide bonds. The van der Waals surface area contributed by atoms with E-state index in [1.165, 1.54) is 10.9 Å². The van der Waals surface area contributed by atoms with E-state index in [1.807, 2.05) is 0 Å². The number of nitrogens with zero attached hydrogens (tertiary/aromatic N) is 5. The van der Waals surface area contributed by atoms with Crippen LogP contribution in [0.25, 0.3) is 22.7 Å². The number of nitrogens with one attached hydrogen (secondary N) is 1. The molecule has 0 saturated carbocycles. The summed E-state index contributed by atoms with van der Waals surface area (Å²) in [5.41, 5.74) is 5.48. The molecule has 0 aliphatic carbocycles. The second-order valence-corrected chi connectivity index (χ2v) is 7.20. The standard InChI is InChI=1S/C21H15F4N7O4/c22-14-5-11(19-29-30-20(36-19)18(24)25)6-15(23)13(14)7-32-8-16(28-31-32)10-2-1-3-12(4-10)27-17(33)9-35-21(26)34/h1-6,8,18H,7,9H2,(H2,26,34)(H,27,33). The molecule has 2 aromatic heterocycles. The highest BCUT2D eigenvalue weighted by Gasteiger charge is 2.20. The van der Waals surface area contributed by atoms with Crippen LogP contribution in [0.1, 0.15) is 17.9 Å². The topological polar surface area (TPSA) is 151 Å². The average Bonchev–Trinajstić information content (AvgIpc) is 3.50. The lowest BCUT2D eigenvalue weighted by Crippen LogP contribution is -2.23. The first-order valence-electron chi connectivity index (χ1n) is 10.0. The summed E-state index contributed by atoms with van der Waals surface area (Å²) in [6.07, 6.45) is -2.68. The first kappa shape index (κ1) is 24.3. The van der Waals surface area contributed by atoms with Gasteiger partial charge in [0.2, 0.25) is 5.89 Å². The molecule has 4 rings (SSSR count). The zero-order valence-electron chi connectivity index (χ0n) is 18.0. The fourth-order valence-corrected chi connectivity index (χ4v) is 3.08. The first-order chi connectivity index (χ1) is 17.2. The number of aromatic nitrogens is 5. The highest BCUT2D eigenvalue weighted by Crippen LogP contribution is 2.27. The highest BCUT2D eigenvalue weighted by molar-refractivity contribution is 5.93. The number of carbonyl (C=O) groups excluding carboxylic acids is 2. The van der Waals surface area contributed by atoms with E-state index in [0.29, 0.717) is 16.9 Å². The normalized spacial score (nSPS) is 11.0. The molecule has 0 bridgehead atoms. The molecule has 2 heterocycles. The SMILES string of the molecule is NC(=O)OCC(=O)Nc1cccc(-c2cn(Cc3c(F)cc(-c4nnc(C(F)F)o4)cc3F)nn2)c1. The summed E-state index contributed by atoms with van der Waals surface area (Å²) in [4.78, 5) is 22.4. The monoisotopic (exact) mass is 505 g/mol. The number of carbonyl (C=O) groups is 2. The lowest BCUT2D eigenvalue weighted by atomic mass is 10.1. The van der Waals surface area contributed by atoms with Gasteiger partial charge in [-0.05, 0) is 24.3 Å². The minimum absolute atomic E-state index is 0.201. The van der Waals surface area contributed by atoms with Crippen molar-refractivity contribution in [1.29, 1.82) is 0 Å². The Morgan fingerprint density at radius 3 is 2.50 bits per heavy atom. The Morgan fingerprint density at radius 2 is 1.83 bits per heavy atom. The van der Waals surface area contributed by atoms with Gasteiger partial charge in [0.1, 0.15) is 17.3 Å². The van der Waals surface area contributed by atoms with Gasteiger partial charge in [-0.25, -0.2) is 18.3 Å². The van der Waals surface area contributed by atoms with Crippen LogP contribution >= 0.6 is 0 Å². The number of anilines is 1. The van der Waals surface area contributed by atoms with Crippen LogP contribution in [-0.4, -0.2) is 43.8 Å². The quantitative estimate of drug-likeness (QED) is 0.346. The second-order valence-electron chi connectivity index (χ2n) is 7.20. The highest BCUT2D eigenvalue weighted by atomic mass is 19.3. The van der Waals surface area contributed by atoms with Gasteiger partial charge in [-0.3, -0.25) is 4.79 Å². The zero-order chi connectivity index (χ0) is 25.8. The smallest absolute Gasteiger partial charge is 0.405 e. The molecule has 11 nitrogen and oxygen atoms in total. The first-order valence-corrected chi connectivity index (χ1v) is 10.0. The van der Waals surface area contributed by atoms with Crippen LogP contribution in [0, 0.1) is 11.6 Å². The minimum Gasteiger partial charge on any atom is -0.440 e. The Hall–Kier alpha value is -4.82. The molecule has 0 aliphatic rings. The maximum atomic E-state index is 14.6. The Bertz CT molecular complexity index is 1400. The van der Waals surface area contributed by atoms with Crippen LogP contribution in [0.2, 0.25) is 0 Å². The van der Waals surface area contributed by atoms with Gasteiger partial charge >= 0.3 is 12.5 Å². The van der Waals surface area contributed by atoms with E-state index in [-0.39, 0.29) is 17.7 Å². The number of halogens is 4. The van der Waals surface area contributed by atoms with Gasteiger partial charge in [0, 0.05) is 22.4 Å². The molecule has 2 aromatic carbocycles.